The average Bonchev–Trinajstić information content (AvgIpc) is 3.89. The van der Waals surface area contributed by atoms with Gasteiger partial charge in [-0.3, -0.25) is 9.59 Å². The second-order valence-electron chi connectivity index (χ2n) is 17.3. The fourth-order valence-electron chi connectivity index (χ4n) is 9.56. The Morgan fingerprint density at radius 3 is 2.43 bits per heavy atom. The number of methoxy groups -OCH3 is 2. The third kappa shape index (κ3) is 8.42. The molecular weight excluding hydrogens is 835 g/mol. The van der Waals surface area contributed by atoms with Crippen LogP contribution < -0.4 is 33.7 Å². The molecule has 3 aromatic carbocycles. The lowest BCUT2D eigenvalue weighted by molar-refractivity contribution is -0.143. The van der Waals surface area contributed by atoms with Crippen LogP contribution in [0, 0.1) is 17.8 Å². The Morgan fingerprint density at radius 1 is 0.892 bits per heavy atom. The van der Waals surface area contributed by atoms with Crippen LogP contribution in [0.5, 0.6) is 40.2 Å². The number of carbonyl (C=O) groups excluding carboxylic acids is 3. The Labute approximate surface area is 375 Å². The molecule has 65 heavy (non-hydrogen) atoms. The number of rotatable bonds is 13. The van der Waals surface area contributed by atoms with Gasteiger partial charge in [-0.05, 0) is 92.5 Å². The molecule has 3 atom stereocenters. The minimum atomic E-state index is -1.02. The fourth-order valence-corrected chi connectivity index (χ4v) is 9.56. The summed E-state index contributed by atoms with van der Waals surface area (Å²) in [5, 5.41) is 19.5. The molecular formula is C48H51N7O10. The number of nitrogens with one attached hydrogen (secondary N) is 2. The Balaban J connectivity index is 0.863. The van der Waals surface area contributed by atoms with Gasteiger partial charge >= 0.3 is 6.09 Å². The number of hydrazone groups is 1. The molecule has 17 heteroatoms. The lowest BCUT2D eigenvalue weighted by Crippen LogP contribution is -2.56. The highest BCUT2D eigenvalue weighted by molar-refractivity contribution is 6.07. The molecule has 5 aromatic rings. The molecule has 3 aliphatic heterocycles. The molecule has 17 nitrogen and oxygen atoms in total. The first-order chi connectivity index (χ1) is 31.8. The van der Waals surface area contributed by atoms with E-state index in [4.69, 9.17) is 33.5 Å². The van der Waals surface area contributed by atoms with Crippen molar-refractivity contribution >= 4 is 34.7 Å². The van der Waals surface area contributed by atoms with Crippen LogP contribution in [0.15, 0.2) is 72.2 Å². The van der Waals surface area contributed by atoms with Crippen molar-refractivity contribution < 1.29 is 47.9 Å². The van der Waals surface area contributed by atoms with E-state index < -0.39 is 12.1 Å². The number of carbonyl (C=O) groups is 3. The maximum Gasteiger partial charge on any atom is 0.413 e. The van der Waals surface area contributed by atoms with Gasteiger partial charge in [0.05, 0.1) is 43.7 Å². The molecule has 2 saturated carbocycles. The molecule has 338 valence electrons. The van der Waals surface area contributed by atoms with Crippen molar-refractivity contribution in [2.75, 3.05) is 40.7 Å². The zero-order valence-corrected chi connectivity index (χ0v) is 36.3. The van der Waals surface area contributed by atoms with E-state index in [0.29, 0.717) is 89.5 Å². The van der Waals surface area contributed by atoms with E-state index in [1.807, 2.05) is 30.3 Å². The van der Waals surface area contributed by atoms with E-state index in [1.165, 1.54) is 24.7 Å². The topological polar surface area (TPSA) is 199 Å². The van der Waals surface area contributed by atoms with Gasteiger partial charge in [-0.1, -0.05) is 25.0 Å². The first-order valence-corrected chi connectivity index (χ1v) is 22.3. The molecule has 0 bridgehead atoms. The Morgan fingerprint density at radius 2 is 1.66 bits per heavy atom. The summed E-state index contributed by atoms with van der Waals surface area (Å²) in [6.45, 7) is 1.31. The number of piperidine rings is 1. The van der Waals surface area contributed by atoms with E-state index in [-0.39, 0.29) is 54.4 Å². The first kappa shape index (κ1) is 41.9. The van der Waals surface area contributed by atoms with E-state index in [0.717, 1.165) is 55.4 Å². The molecule has 5 heterocycles. The van der Waals surface area contributed by atoms with E-state index in [9.17, 15) is 19.5 Å². The molecule has 2 aliphatic carbocycles. The average molecular weight is 886 g/mol. The van der Waals surface area contributed by atoms with E-state index in [1.54, 1.807) is 36.3 Å². The van der Waals surface area contributed by atoms with E-state index in [2.05, 4.69) is 20.3 Å². The highest BCUT2D eigenvalue weighted by Gasteiger charge is 2.44. The van der Waals surface area contributed by atoms with Crippen LogP contribution in [0.3, 0.4) is 0 Å². The molecule has 10 rings (SSSR count). The van der Waals surface area contributed by atoms with Crippen molar-refractivity contribution in [3.63, 3.8) is 0 Å². The fraction of sp³-hybridized carbons (Fsp3) is 0.417. The molecule has 3 N–H and O–H groups in total. The quantitative estimate of drug-likeness (QED) is 0.115. The van der Waals surface area contributed by atoms with Crippen LogP contribution in [0.1, 0.15) is 62.5 Å². The number of phenolic OH excluding ortho intramolecular Hbond substituents is 1. The number of phenols is 1. The summed E-state index contributed by atoms with van der Waals surface area (Å²) in [7, 11) is 3.20. The van der Waals surface area contributed by atoms with Gasteiger partial charge in [0, 0.05) is 43.1 Å². The van der Waals surface area contributed by atoms with Crippen LogP contribution in [-0.2, 0) is 16.0 Å². The van der Waals surface area contributed by atoms with Crippen LogP contribution in [-0.4, -0.2) is 106 Å². The van der Waals surface area contributed by atoms with Gasteiger partial charge in [0.1, 0.15) is 35.1 Å². The number of likely N-dealkylation sites (tertiary alicyclic amines) is 1. The third-order valence-electron chi connectivity index (χ3n) is 13.2. The van der Waals surface area contributed by atoms with Gasteiger partial charge in [0.2, 0.25) is 18.6 Å². The second-order valence-corrected chi connectivity index (χ2v) is 17.3. The third-order valence-corrected chi connectivity index (χ3v) is 13.2. The van der Waals surface area contributed by atoms with Gasteiger partial charge in [-0.25, -0.2) is 19.8 Å². The maximum absolute atomic E-state index is 14.4. The monoisotopic (exact) mass is 885 g/mol. The van der Waals surface area contributed by atoms with Gasteiger partial charge in [0.15, 0.2) is 28.7 Å². The Hall–Kier alpha value is -7.04. The lowest BCUT2D eigenvalue weighted by atomic mass is 9.73. The highest BCUT2D eigenvalue weighted by Crippen LogP contribution is 2.49. The summed E-state index contributed by atoms with van der Waals surface area (Å²) in [6.07, 6.45) is 9.11. The number of aromatic hydroxyl groups is 1. The summed E-state index contributed by atoms with van der Waals surface area (Å²) in [5.41, 5.74) is 4.39. The zero-order chi connectivity index (χ0) is 44.6. The Kier molecular flexibility index (Phi) is 11.5. The Bertz CT molecular complexity index is 2640. The number of H-pyrrole nitrogens is 1. The maximum atomic E-state index is 14.4. The van der Waals surface area contributed by atoms with Gasteiger partial charge in [0.25, 0.3) is 0 Å². The summed E-state index contributed by atoms with van der Waals surface area (Å²) in [6, 6.07) is 14.7. The minimum absolute atomic E-state index is 0.00997. The number of fused-ring (bicyclic) bond motifs is 3. The molecule has 0 spiro atoms. The molecule has 1 saturated heterocycles. The van der Waals surface area contributed by atoms with Crippen molar-refractivity contribution in [2.45, 2.75) is 69.9 Å². The van der Waals surface area contributed by atoms with Crippen LogP contribution in [0.2, 0.25) is 0 Å². The van der Waals surface area contributed by atoms with E-state index >= 15 is 0 Å². The molecule has 3 fully saturated rings. The predicted molar refractivity (Wildman–Crippen MR) is 236 cm³/mol. The second kappa shape index (κ2) is 17.9. The minimum Gasteiger partial charge on any atom is -0.508 e. The smallest absolute Gasteiger partial charge is 0.413 e. The van der Waals surface area contributed by atoms with Crippen molar-refractivity contribution in [3.8, 4) is 51.5 Å². The van der Waals surface area contributed by atoms with Crippen molar-refractivity contribution in [1.29, 1.82) is 0 Å². The lowest BCUT2D eigenvalue weighted by Gasteiger charge is -2.43. The number of ether oxygens (including phenoxy) is 6. The molecule has 2 aromatic heterocycles. The summed E-state index contributed by atoms with van der Waals surface area (Å²) >= 11 is 0. The number of hydrogen-bond acceptors (Lipinski definition) is 13. The standard InChI is InChI=1S/C48H51N7O10/c1-60-35-14-11-29(22-38(35)61-2)41-32-5-3-4-6-33(32)46(57)55(53-41)30-17-19-54(20-18-30)47(58)34(21-27-9-12-31(56)13-10-27)52-48(59)65-39-23-49-44-42(39)50-25-51-43(44)40-36(62-24-28-7-8-28)15-16-37-45(40)64-26-63-37/h9-16,22-23,25,28,30,32-34,49,56H,3-8,17-21,24,26H2,1-2H3,(H,52,59)/t32-,33+,34+/m0/s1. The van der Waals surface area contributed by atoms with Crippen molar-refractivity contribution in [1.82, 2.24) is 30.2 Å². The number of benzene rings is 3. The van der Waals surface area contributed by atoms with Gasteiger partial charge in [-0.15, -0.1) is 0 Å². The number of aromatic amines is 1. The highest BCUT2D eigenvalue weighted by atomic mass is 16.7. The molecule has 0 radical (unpaired) electrons. The largest absolute Gasteiger partial charge is 0.508 e. The molecule has 3 amide bonds. The molecule has 5 aliphatic rings. The van der Waals surface area contributed by atoms with Crippen molar-refractivity contribution in [3.05, 3.63) is 78.2 Å². The van der Waals surface area contributed by atoms with Gasteiger partial charge < -0.3 is 48.7 Å². The van der Waals surface area contributed by atoms with Gasteiger partial charge in [-0.2, -0.15) is 5.10 Å². The normalized spacial score (nSPS) is 19.9. The van der Waals surface area contributed by atoms with Crippen LogP contribution >= 0.6 is 0 Å². The number of hydrogen-bond donors (Lipinski definition) is 3. The zero-order valence-electron chi connectivity index (χ0n) is 36.3. The van der Waals surface area contributed by atoms with Crippen molar-refractivity contribution in [2.24, 2.45) is 22.9 Å². The first-order valence-electron chi connectivity index (χ1n) is 22.3. The SMILES string of the molecule is COc1ccc(C2=NN(C3CCN(C(=O)[C@@H](Cc4ccc(O)cc4)NC(=O)Oc4c[nH]c5c(-c6c(OCC7CC7)ccc7c6OCO7)ncnc45)CC3)C(=O)[C@@H]3CCCC[C@H]23)cc1OC. The summed E-state index contributed by atoms with van der Waals surface area (Å²) < 4.78 is 34.8. The van der Waals surface area contributed by atoms with Crippen LogP contribution in [0.4, 0.5) is 4.79 Å². The number of amides is 3. The summed E-state index contributed by atoms with van der Waals surface area (Å²) in [4.78, 5) is 56.3. The predicted octanol–water partition coefficient (Wildman–Crippen LogP) is 6.61. The number of aromatic nitrogens is 3. The number of nitrogens with zero attached hydrogens (tertiary/aromatic N) is 5. The summed E-state index contributed by atoms with van der Waals surface area (Å²) in [5.74, 6) is 3.15. The molecule has 0 unspecified atom stereocenters. The van der Waals surface area contributed by atoms with Crippen LogP contribution in [0.25, 0.3) is 22.3 Å².